The van der Waals surface area contributed by atoms with E-state index < -0.39 is 0 Å². The number of carbonyl (C=O) groups is 1. The van der Waals surface area contributed by atoms with Gasteiger partial charge in [0.15, 0.2) is 0 Å². The number of aliphatic hydroxyl groups is 1. The fourth-order valence-electron chi connectivity index (χ4n) is 1.53. The number of allylic oxidation sites excluding steroid dienone is 1. The molecule has 1 aliphatic heterocycles. The van der Waals surface area contributed by atoms with Crippen LogP contribution in [-0.2, 0) is 4.79 Å². The van der Waals surface area contributed by atoms with Gasteiger partial charge < -0.3 is 16.2 Å². The van der Waals surface area contributed by atoms with Crippen LogP contribution in [0.2, 0.25) is 0 Å². The normalized spacial score (nSPS) is 17.8. The van der Waals surface area contributed by atoms with E-state index in [1.54, 1.807) is 11.0 Å². The molecular formula is C13H27KN2O2. The summed E-state index contributed by atoms with van der Waals surface area (Å²) in [5.41, 5.74) is 0.0463. The summed E-state index contributed by atoms with van der Waals surface area (Å²) in [6.45, 7) is 12.6. The first-order valence-corrected chi connectivity index (χ1v) is 5.83. The molecule has 1 unspecified atom stereocenters. The molecule has 3 N–H and O–H groups in total. The van der Waals surface area contributed by atoms with Crippen LogP contribution >= 0.6 is 0 Å². The van der Waals surface area contributed by atoms with Crippen molar-refractivity contribution in [3.8, 4) is 0 Å². The molecular weight excluding hydrogens is 255 g/mol. The molecule has 5 heteroatoms. The average molecular weight is 282 g/mol. The summed E-state index contributed by atoms with van der Waals surface area (Å²) in [4.78, 5) is 13.4. The predicted octanol–water partition coefficient (Wildman–Crippen LogP) is -0.0708. The SMILES string of the molecule is C=CC.CC(C)(C)CC(=O)N1CCC(O)C1.[K+].[NH2-]. The molecule has 18 heavy (non-hydrogen) atoms. The minimum absolute atomic E-state index is 0. The molecule has 0 aromatic carbocycles. The minimum atomic E-state index is -0.302. The molecule has 0 saturated carbocycles. The van der Waals surface area contributed by atoms with E-state index in [-0.39, 0.29) is 75.0 Å². The van der Waals surface area contributed by atoms with Crippen LogP contribution in [0.5, 0.6) is 0 Å². The van der Waals surface area contributed by atoms with Gasteiger partial charge in [0.2, 0.25) is 5.91 Å². The van der Waals surface area contributed by atoms with E-state index in [2.05, 4.69) is 27.4 Å². The Morgan fingerprint density at radius 2 is 1.94 bits per heavy atom. The van der Waals surface area contributed by atoms with Crippen LogP contribution in [0.3, 0.4) is 0 Å². The van der Waals surface area contributed by atoms with Crippen LogP contribution in [0.25, 0.3) is 6.15 Å². The maximum absolute atomic E-state index is 11.6. The number of β-amino-alcohol motifs (C(OH)–C–C–N with tert-alkyl or cyclic N) is 1. The summed E-state index contributed by atoms with van der Waals surface area (Å²) in [6, 6.07) is 0. The number of hydrogen-bond acceptors (Lipinski definition) is 2. The van der Waals surface area contributed by atoms with Crippen LogP contribution in [0, 0.1) is 5.41 Å². The van der Waals surface area contributed by atoms with E-state index >= 15 is 0 Å². The molecule has 1 saturated heterocycles. The van der Waals surface area contributed by atoms with Gasteiger partial charge in [-0.3, -0.25) is 4.79 Å². The van der Waals surface area contributed by atoms with Crippen LogP contribution in [-0.4, -0.2) is 35.1 Å². The predicted molar refractivity (Wildman–Crippen MR) is 72.4 cm³/mol. The van der Waals surface area contributed by atoms with Gasteiger partial charge in [0.1, 0.15) is 0 Å². The van der Waals surface area contributed by atoms with Gasteiger partial charge >= 0.3 is 51.4 Å². The smallest absolute Gasteiger partial charge is 0.693 e. The van der Waals surface area contributed by atoms with Gasteiger partial charge in [-0.2, -0.15) is 0 Å². The zero-order chi connectivity index (χ0) is 12.8. The summed E-state index contributed by atoms with van der Waals surface area (Å²) in [7, 11) is 0. The number of rotatable bonds is 1. The second kappa shape index (κ2) is 11.6. The van der Waals surface area contributed by atoms with Gasteiger partial charge in [-0.15, -0.1) is 6.58 Å². The Hall–Kier alpha value is 0.766. The maximum atomic E-state index is 11.6. The molecule has 0 aliphatic carbocycles. The summed E-state index contributed by atoms with van der Waals surface area (Å²) in [5, 5.41) is 9.25. The molecule has 0 aromatic heterocycles. The third kappa shape index (κ3) is 11.8. The van der Waals surface area contributed by atoms with Crippen molar-refractivity contribution < 1.29 is 61.3 Å². The Bertz CT molecular complexity index is 240. The molecule has 102 valence electrons. The van der Waals surface area contributed by atoms with Gasteiger partial charge in [0.25, 0.3) is 0 Å². The molecule has 1 aliphatic rings. The number of amides is 1. The Balaban J connectivity index is -0.000000410. The Labute approximate surface area is 154 Å². The Kier molecular flexibility index (Phi) is 15.3. The van der Waals surface area contributed by atoms with Crippen molar-refractivity contribution in [3.63, 3.8) is 0 Å². The minimum Gasteiger partial charge on any atom is -0.693 e. The van der Waals surface area contributed by atoms with Crippen molar-refractivity contribution in [2.75, 3.05) is 13.1 Å². The zero-order valence-corrected chi connectivity index (χ0v) is 15.7. The van der Waals surface area contributed by atoms with E-state index in [0.29, 0.717) is 13.0 Å². The van der Waals surface area contributed by atoms with Crippen molar-refractivity contribution in [3.05, 3.63) is 18.8 Å². The summed E-state index contributed by atoms with van der Waals surface area (Å²) >= 11 is 0. The third-order valence-electron chi connectivity index (χ3n) is 2.20. The van der Waals surface area contributed by atoms with Crippen molar-refractivity contribution in [1.82, 2.24) is 4.90 Å². The molecule has 0 spiro atoms. The molecule has 1 heterocycles. The quantitative estimate of drug-likeness (QED) is 0.540. The summed E-state index contributed by atoms with van der Waals surface area (Å²) in [5.74, 6) is 0.170. The number of hydrogen-bond donors (Lipinski definition) is 1. The topological polar surface area (TPSA) is 74.0 Å². The Morgan fingerprint density at radius 1 is 1.50 bits per heavy atom. The summed E-state index contributed by atoms with van der Waals surface area (Å²) in [6.07, 6.45) is 2.75. The molecule has 4 nitrogen and oxygen atoms in total. The first-order valence-electron chi connectivity index (χ1n) is 5.83. The van der Waals surface area contributed by atoms with E-state index in [1.165, 1.54) is 0 Å². The fraction of sp³-hybridized carbons (Fsp3) is 0.769. The van der Waals surface area contributed by atoms with Gasteiger partial charge in [-0.25, -0.2) is 0 Å². The van der Waals surface area contributed by atoms with E-state index in [0.717, 1.165) is 13.0 Å². The molecule has 0 bridgehead atoms. The monoisotopic (exact) mass is 282 g/mol. The van der Waals surface area contributed by atoms with E-state index in [4.69, 9.17) is 0 Å². The summed E-state index contributed by atoms with van der Waals surface area (Å²) < 4.78 is 0. The van der Waals surface area contributed by atoms with Crippen LogP contribution < -0.4 is 51.4 Å². The Morgan fingerprint density at radius 3 is 2.22 bits per heavy atom. The van der Waals surface area contributed by atoms with Gasteiger partial charge in [0.05, 0.1) is 6.10 Å². The molecule has 1 rings (SSSR count). The number of carbonyl (C=O) groups excluding carboxylic acids is 1. The largest absolute Gasteiger partial charge is 1.00 e. The third-order valence-corrected chi connectivity index (χ3v) is 2.20. The van der Waals surface area contributed by atoms with Gasteiger partial charge in [-0.05, 0) is 18.8 Å². The second-order valence-corrected chi connectivity index (χ2v) is 5.43. The van der Waals surface area contributed by atoms with Crippen molar-refractivity contribution in [1.29, 1.82) is 0 Å². The van der Waals surface area contributed by atoms with Crippen LogP contribution in [0.15, 0.2) is 12.7 Å². The zero-order valence-electron chi connectivity index (χ0n) is 12.6. The maximum Gasteiger partial charge on any atom is 1.00 e. The molecule has 1 amide bonds. The second-order valence-electron chi connectivity index (χ2n) is 5.43. The number of likely N-dealkylation sites (tertiary alicyclic amines) is 1. The first kappa shape index (κ1) is 23.8. The van der Waals surface area contributed by atoms with E-state index in [1.807, 2.05) is 6.92 Å². The fourth-order valence-corrected chi connectivity index (χ4v) is 1.53. The van der Waals surface area contributed by atoms with Crippen molar-refractivity contribution >= 4 is 5.91 Å². The van der Waals surface area contributed by atoms with E-state index in [9.17, 15) is 9.90 Å². The van der Waals surface area contributed by atoms with Crippen LogP contribution in [0.4, 0.5) is 0 Å². The molecule has 0 aromatic rings. The molecule has 1 atom stereocenters. The average Bonchev–Trinajstić information content (AvgIpc) is 2.50. The molecule has 1 fully saturated rings. The van der Waals surface area contributed by atoms with Crippen molar-refractivity contribution in [2.24, 2.45) is 5.41 Å². The number of nitrogens with two attached hydrogens (primary N) is 1. The standard InChI is InChI=1S/C10H19NO2.C3H6.K.H2N/c1-10(2,3)6-9(13)11-5-4-8(12)7-11;1-3-2;;/h8,12H,4-7H2,1-3H3;3H,1H2,2H3;;1H2/q;;+1;-1. The molecule has 0 radical (unpaired) electrons. The first-order chi connectivity index (χ1) is 7.30. The van der Waals surface area contributed by atoms with Gasteiger partial charge in [0, 0.05) is 19.5 Å². The van der Waals surface area contributed by atoms with Crippen LogP contribution in [0.1, 0.15) is 40.5 Å². The number of nitrogens with zero attached hydrogens (tertiary/aromatic N) is 1. The van der Waals surface area contributed by atoms with Crippen molar-refractivity contribution in [2.45, 2.75) is 46.6 Å². The number of aliphatic hydroxyl groups excluding tert-OH is 1. The van der Waals surface area contributed by atoms with Gasteiger partial charge in [-0.1, -0.05) is 26.8 Å².